The summed E-state index contributed by atoms with van der Waals surface area (Å²) in [5.41, 5.74) is 2.40. The molecule has 1 aromatic heterocycles. The SMILES string of the molecule is CC1(C)CC1NS(=O)(=O)c1ccc(NN)nc1. The molecule has 2 rings (SSSR count). The zero-order valence-corrected chi connectivity index (χ0v) is 10.6. The van der Waals surface area contributed by atoms with Crippen LogP contribution < -0.4 is 16.0 Å². The number of anilines is 1. The number of rotatable bonds is 4. The maximum atomic E-state index is 12.0. The van der Waals surface area contributed by atoms with Crippen LogP contribution in [-0.4, -0.2) is 19.4 Å². The van der Waals surface area contributed by atoms with Crippen molar-refractivity contribution in [2.75, 3.05) is 5.43 Å². The molecule has 1 fully saturated rings. The van der Waals surface area contributed by atoms with Gasteiger partial charge in [-0.25, -0.2) is 24.0 Å². The molecule has 0 aromatic carbocycles. The first-order chi connectivity index (χ1) is 7.85. The van der Waals surface area contributed by atoms with Crippen molar-refractivity contribution in [2.45, 2.75) is 31.2 Å². The number of sulfonamides is 1. The molecular weight excluding hydrogens is 240 g/mol. The van der Waals surface area contributed by atoms with Crippen molar-refractivity contribution >= 4 is 15.8 Å². The van der Waals surface area contributed by atoms with Crippen LogP contribution in [-0.2, 0) is 10.0 Å². The van der Waals surface area contributed by atoms with Crippen LogP contribution in [0, 0.1) is 5.41 Å². The molecule has 0 amide bonds. The lowest BCUT2D eigenvalue weighted by Crippen LogP contribution is -2.28. The fourth-order valence-electron chi connectivity index (χ4n) is 1.55. The monoisotopic (exact) mass is 256 g/mol. The fraction of sp³-hybridized carbons (Fsp3) is 0.500. The zero-order valence-electron chi connectivity index (χ0n) is 9.77. The lowest BCUT2D eigenvalue weighted by molar-refractivity contribution is 0.554. The van der Waals surface area contributed by atoms with Gasteiger partial charge in [0.05, 0.1) is 0 Å². The van der Waals surface area contributed by atoms with Gasteiger partial charge in [0, 0.05) is 12.2 Å². The van der Waals surface area contributed by atoms with Gasteiger partial charge >= 0.3 is 0 Å². The van der Waals surface area contributed by atoms with Crippen LogP contribution in [0.3, 0.4) is 0 Å². The number of aromatic nitrogens is 1. The minimum absolute atomic E-state index is 0.0137. The van der Waals surface area contributed by atoms with E-state index in [2.05, 4.69) is 15.1 Å². The van der Waals surface area contributed by atoms with Gasteiger partial charge in [0.25, 0.3) is 0 Å². The Morgan fingerprint density at radius 3 is 2.53 bits per heavy atom. The fourth-order valence-corrected chi connectivity index (χ4v) is 2.90. The molecule has 0 radical (unpaired) electrons. The van der Waals surface area contributed by atoms with Crippen molar-refractivity contribution in [3.8, 4) is 0 Å². The third kappa shape index (κ3) is 2.56. The molecule has 1 saturated carbocycles. The second-order valence-electron chi connectivity index (χ2n) is 4.89. The van der Waals surface area contributed by atoms with E-state index >= 15 is 0 Å². The minimum atomic E-state index is -3.47. The third-order valence-electron chi connectivity index (χ3n) is 3.01. The van der Waals surface area contributed by atoms with Gasteiger partial charge in [-0.05, 0) is 24.0 Å². The molecule has 94 valence electrons. The Labute approximate surface area is 101 Å². The molecule has 1 aromatic rings. The highest BCUT2D eigenvalue weighted by molar-refractivity contribution is 7.89. The summed E-state index contributed by atoms with van der Waals surface area (Å²) in [5, 5.41) is 0. The van der Waals surface area contributed by atoms with Crippen LogP contribution in [0.4, 0.5) is 5.82 Å². The van der Waals surface area contributed by atoms with Crippen LogP contribution in [0.15, 0.2) is 23.2 Å². The topological polar surface area (TPSA) is 97.1 Å². The molecule has 1 aliphatic carbocycles. The molecule has 0 bridgehead atoms. The highest BCUT2D eigenvalue weighted by atomic mass is 32.2. The second kappa shape index (κ2) is 3.94. The highest BCUT2D eigenvalue weighted by Crippen LogP contribution is 2.45. The first-order valence-corrected chi connectivity index (χ1v) is 6.78. The van der Waals surface area contributed by atoms with Gasteiger partial charge in [-0.15, -0.1) is 0 Å². The molecule has 6 nitrogen and oxygen atoms in total. The standard InChI is InChI=1S/C10H16N4O2S/c1-10(2)5-8(10)14-17(15,16)7-3-4-9(13-11)12-6-7/h3-4,6,8,14H,5,11H2,1-2H3,(H,12,13). The van der Waals surface area contributed by atoms with E-state index in [0.717, 1.165) is 6.42 Å². The van der Waals surface area contributed by atoms with E-state index in [1.54, 1.807) is 0 Å². The minimum Gasteiger partial charge on any atom is -0.308 e. The van der Waals surface area contributed by atoms with Gasteiger partial charge in [0.1, 0.15) is 10.7 Å². The Morgan fingerprint density at radius 1 is 1.47 bits per heavy atom. The van der Waals surface area contributed by atoms with E-state index in [4.69, 9.17) is 5.84 Å². The molecule has 4 N–H and O–H groups in total. The van der Waals surface area contributed by atoms with Crippen LogP contribution in [0.5, 0.6) is 0 Å². The van der Waals surface area contributed by atoms with Gasteiger partial charge in [0.2, 0.25) is 10.0 Å². The molecule has 17 heavy (non-hydrogen) atoms. The van der Waals surface area contributed by atoms with E-state index in [1.807, 2.05) is 13.8 Å². The quantitative estimate of drug-likeness (QED) is 0.536. The number of nitrogens with two attached hydrogens (primary N) is 1. The van der Waals surface area contributed by atoms with Crippen molar-refractivity contribution in [1.82, 2.24) is 9.71 Å². The Bertz CT molecular complexity index is 510. The van der Waals surface area contributed by atoms with E-state index in [0.29, 0.717) is 5.82 Å². The van der Waals surface area contributed by atoms with Crippen molar-refractivity contribution in [3.63, 3.8) is 0 Å². The van der Waals surface area contributed by atoms with Gasteiger partial charge in [-0.2, -0.15) is 0 Å². The van der Waals surface area contributed by atoms with Crippen molar-refractivity contribution < 1.29 is 8.42 Å². The molecular formula is C10H16N4O2S. The van der Waals surface area contributed by atoms with Crippen LogP contribution >= 0.6 is 0 Å². The molecule has 1 aliphatic rings. The molecule has 7 heteroatoms. The van der Waals surface area contributed by atoms with E-state index in [-0.39, 0.29) is 16.4 Å². The summed E-state index contributed by atoms with van der Waals surface area (Å²) in [6, 6.07) is 3.01. The third-order valence-corrected chi connectivity index (χ3v) is 4.46. The summed E-state index contributed by atoms with van der Waals surface area (Å²) in [6.45, 7) is 4.06. The Morgan fingerprint density at radius 2 is 2.12 bits per heavy atom. The molecule has 1 heterocycles. The summed E-state index contributed by atoms with van der Waals surface area (Å²) in [6.07, 6.45) is 2.15. The van der Waals surface area contributed by atoms with Gasteiger partial charge < -0.3 is 5.43 Å². The largest absolute Gasteiger partial charge is 0.308 e. The van der Waals surface area contributed by atoms with Crippen LogP contribution in [0.25, 0.3) is 0 Å². The predicted octanol–water partition coefficient (Wildman–Crippen LogP) is 0.444. The Hall–Kier alpha value is -1.18. The number of nitrogen functional groups attached to an aromatic ring is 1. The number of hydrogen-bond acceptors (Lipinski definition) is 5. The molecule has 0 saturated heterocycles. The molecule has 0 aliphatic heterocycles. The lowest BCUT2D eigenvalue weighted by Gasteiger charge is -2.08. The first kappa shape index (κ1) is 12.3. The molecule has 0 spiro atoms. The summed E-state index contributed by atoms with van der Waals surface area (Å²) in [5.74, 6) is 5.58. The van der Waals surface area contributed by atoms with E-state index in [9.17, 15) is 8.42 Å². The number of hydrazine groups is 1. The average molecular weight is 256 g/mol. The maximum Gasteiger partial charge on any atom is 0.242 e. The zero-order chi connectivity index (χ0) is 12.7. The normalized spacial score (nSPS) is 22.2. The Balaban J connectivity index is 2.14. The summed E-state index contributed by atoms with van der Waals surface area (Å²) in [7, 11) is -3.47. The van der Waals surface area contributed by atoms with Crippen molar-refractivity contribution in [3.05, 3.63) is 18.3 Å². The number of nitrogens with one attached hydrogen (secondary N) is 2. The summed E-state index contributed by atoms with van der Waals surface area (Å²) >= 11 is 0. The molecule has 1 unspecified atom stereocenters. The van der Waals surface area contributed by atoms with E-state index < -0.39 is 10.0 Å². The average Bonchev–Trinajstić information content (AvgIpc) is 2.85. The van der Waals surface area contributed by atoms with Crippen LogP contribution in [0.2, 0.25) is 0 Å². The van der Waals surface area contributed by atoms with Crippen molar-refractivity contribution in [1.29, 1.82) is 0 Å². The van der Waals surface area contributed by atoms with Gasteiger partial charge in [-0.3, -0.25) is 0 Å². The van der Waals surface area contributed by atoms with Gasteiger partial charge in [-0.1, -0.05) is 13.8 Å². The lowest BCUT2D eigenvalue weighted by atomic mass is 10.2. The number of nitrogens with zero attached hydrogens (tertiary/aromatic N) is 1. The Kier molecular flexibility index (Phi) is 2.84. The van der Waals surface area contributed by atoms with E-state index in [1.165, 1.54) is 18.3 Å². The number of pyridine rings is 1. The second-order valence-corrected chi connectivity index (χ2v) is 6.60. The smallest absolute Gasteiger partial charge is 0.242 e. The first-order valence-electron chi connectivity index (χ1n) is 5.30. The summed E-state index contributed by atoms with van der Waals surface area (Å²) < 4.78 is 26.6. The highest BCUT2D eigenvalue weighted by Gasteiger charge is 2.47. The maximum absolute atomic E-state index is 12.0. The van der Waals surface area contributed by atoms with Crippen molar-refractivity contribution in [2.24, 2.45) is 11.3 Å². The predicted molar refractivity (Wildman–Crippen MR) is 64.6 cm³/mol. The summed E-state index contributed by atoms with van der Waals surface area (Å²) in [4.78, 5) is 4.02. The van der Waals surface area contributed by atoms with Crippen LogP contribution in [0.1, 0.15) is 20.3 Å². The number of hydrogen-bond donors (Lipinski definition) is 3. The van der Waals surface area contributed by atoms with Gasteiger partial charge in [0.15, 0.2) is 0 Å². The molecule has 1 atom stereocenters.